The highest BCUT2D eigenvalue weighted by atomic mass is 16.5. The van der Waals surface area contributed by atoms with Crippen LogP contribution in [0.2, 0.25) is 0 Å². The van der Waals surface area contributed by atoms with Gasteiger partial charge in [-0.05, 0) is 56.7 Å². The minimum Gasteiger partial charge on any atom is -0.508 e. The number of methoxy groups -OCH3 is 1. The van der Waals surface area contributed by atoms with Gasteiger partial charge < -0.3 is 30.0 Å². The molecule has 0 saturated carbocycles. The number of aliphatic imine (C=N–C) groups is 1. The first kappa shape index (κ1) is 22.2. The third kappa shape index (κ3) is 6.20. The van der Waals surface area contributed by atoms with Crippen LogP contribution in [0.3, 0.4) is 0 Å². The topological polar surface area (TPSA) is 84.3 Å². The largest absolute Gasteiger partial charge is 0.508 e. The number of phenols is 1. The van der Waals surface area contributed by atoms with Gasteiger partial charge in [-0.3, -0.25) is 4.99 Å². The monoisotopic (exact) mass is 401 g/mol. The van der Waals surface area contributed by atoms with Crippen LogP contribution in [0.15, 0.2) is 41.4 Å². The third-order valence-electron chi connectivity index (χ3n) is 4.38. The van der Waals surface area contributed by atoms with Crippen LogP contribution >= 0.6 is 0 Å². The molecule has 1 unspecified atom stereocenters. The fraction of sp³-hybridized carbons (Fsp3) is 0.409. The van der Waals surface area contributed by atoms with E-state index in [1.54, 1.807) is 32.4 Å². The van der Waals surface area contributed by atoms with Crippen molar-refractivity contribution in [1.29, 1.82) is 0 Å². The third-order valence-corrected chi connectivity index (χ3v) is 4.38. The molecule has 1 atom stereocenters. The SMILES string of the molecule is CCOc1ccc(C(C)NC(=NC)NCc2cc(OC)ccc2O)cc1OCC. The molecule has 0 aliphatic rings. The summed E-state index contributed by atoms with van der Waals surface area (Å²) in [6.45, 7) is 7.50. The second-order valence-corrected chi connectivity index (χ2v) is 6.36. The lowest BCUT2D eigenvalue weighted by atomic mass is 10.1. The lowest BCUT2D eigenvalue weighted by molar-refractivity contribution is 0.287. The molecule has 2 rings (SSSR count). The lowest BCUT2D eigenvalue weighted by Gasteiger charge is -2.20. The number of guanidine groups is 1. The van der Waals surface area contributed by atoms with Gasteiger partial charge in [0.05, 0.1) is 26.4 Å². The molecule has 0 aliphatic heterocycles. The Morgan fingerprint density at radius 2 is 1.79 bits per heavy atom. The van der Waals surface area contributed by atoms with Crippen LogP contribution < -0.4 is 24.8 Å². The number of nitrogens with zero attached hydrogens (tertiary/aromatic N) is 1. The van der Waals surface area contributed by atoms with E-state index in [4.69, 9.17) is 14.2 Å². The zero-order valence-corrected chi connectivity index (χ0v) is 17.8. The summed E-state index contributed by atoms with van der Waals surface area (Å²) in [5, 5.41) is 16.6. The Morgan fingerprint density at radius 3 is 2.45 bits per heavy atom. The molecule has 29 heavy (non-hydrogen) atoms. The standard InChI is InChI=1S/C22H31N3O4/c1-6-28-20-11-8-16(13-21(20)29-7-2)15(3)25-22(23-4)24-14-17-12-18(27-5)9-10-19(17)26/h8-13,15,26H,6-7,14H2,1-5H3,(H2,23,24,25). The fourth-order valence-corrected chi connectivity index (χ4v) is 2.83. The molecular formula is C22H31N3O4. The van der Waals surface area contributed by atoms with Gasteiger partial charge in [0.15, 0.2) is 17.5 Å². The molecule has 3 N–H and O–H groups in total. The Bertz CT molecular complexity index is 824. The highest BCUT2D eigenvalue weighted by molar-refractivity contribution is 5.80. The summed E-state index contributed by atoms with van der Waals surface area (Å²) in [6, 6.07) is 11.0. The van der Waals surface area contributed by atoms with Crippen molar-refractivity contribution in [2.45, 2.75) is 33.4 Å². The van der Waals surface area contributed by atoms with Gasteiger partial charge in [0, 0.05) is 19.2 Å². The van der Waals surface area contributed by atoms with Crippen molar-refractivity contribution in [2.24, 2.45) is 4.99 Å². The zero-order valence-electron chi connectivity index (χ0n) is 17.8. The predicted octanol–water partition coefficient (Wildman–Crippen LogP) is 3.62. The number of hydrogen-bond donors (Lipinski definition) is 3. The number of phenolic OH excluding ortho intramolecular Hbond substituents is 1. The number of nitrogens with one attached hydrogen (secondary N) is 2. The van der Waals surface area contributed by atoms with Gasteiger partial charge >= 0.3 is 0 Å². The molecule has 7 nitrogen and oxygen atoms in total. The molecule has 0 heterocycles. The molecule has 0 bridgehead atoms. The maximum atomic E-state index is 10.0. The molecule has 2 aromatic carbocycles. The van der Waals surface area contributed by atoms with E-state index in [2.05, 4.69) is 15.6 Å². The molecule has 158 valence electrons. The maximum absolute atomic E-state index is 10.0. The number of ether oxygens (including phenoxy) is 3. The minimum absolute atomic E-state index is 0.0185. The van der Waals surface area contributed by atoms with Gasteiger partial charge in [0.25, 0.3) is 0 Å². The minimum atomic E-state index is -0.0185. The summed E-state index contributed by atoms with van der Waals surface area (Å²) in [5.74, 6) is 2.97. The average Bonchev–Trinajstić information content (AvgIpc) is 2.73. The summed E-state index contributed by atoms with van der Waals surface area (Å²) < 4.78 is 16.6. The van der Waals surface area contributed by atoms with Crippen LogP contribution in [-0.2, 0) is 6.54 Å². The van der Waals surface area contributed by atoms with Crippen LogP contribution in [0.25, 0.3) is 0 Å². The van der Waals surface area contributed by atoms with E-state index in [0.717, 1.165) is 22.6 Å². The maximum Gasteiger partial charge on any atom is 0.191 e. The van der Waals surface area contributed by atoms with Gasteiger partial charge in [0.2, 0.25) is 0 Å². The Labute approximate surface area is 172 Å². The van der Waals surface area contributed by atoms with Crippen LogP contribution in [-0.4, -0.2) is 38.4 Å². The van der Waals surface area contributed by atoms with Gasteiger partial charge in [-0.25, -0.2) is 0 Å². The summed E-state index contributed by atoms with van der Waals surface area (Å²) in [6.07, 6.45) is 0. The van der Waals surface area contributed by atoms with Crippen molar-refractivity contribution in [3.8, 4) is 23.0 Å². The predicted molar refractivity (Wildman–Crippen MR) is 115 cm³/mol. The summed E-state index contributed by atoms with van der Waals surface area (Å²) >= 11 is 0. The van der Waals surface area contributed by atoms with Crippen LogP contribution in [0.4, 0.5) is 0 Å². The van der Waals surface area contributed by atoms with Gasteiger partial charge in [0.1, 0.15) is 11.5 Å². The van der Waals surface area contributed by atoms with E-state index in [1.165, 1.54) is 0 Å². The Balaban J connectivity index is 2.06. The first-order chi connectivity index (χ1) is 14.0. The lowest BCUT2D eigenvalue weighted by Crippen LogP contribution is -2.38. The van der Waals surface area contributed by atoms with Crippen LogP contribution in [0.5, 0.6) is 23.0 Å². The number of rotatable bonds is 9. The quantitative estimate of drug-likeness (QED) is 0.440. The molecule has 0 radical (unpaired) electrons. The molecule has 0 aliphatic carbocycles. The van der Waals surface area contributed by atoms with E-state index >= 15 is 0 Å². The second-order valence-electron chi connectivity index (χ2n) is 6.36. The smallest absolute Gasteiger partial charge is 0.191 e. The van der Waals surface area contributed by atoms with Gasteiger partial charge in [-0.1, -0.05) is 6.07 Å². The van der Waals surface area contributed by atoms with Crippen molar-refractivity contribution in [2.75, 3.05) is 27.4 Å². The molecular weight excluding hydrogens is 370 g/mol. The van der Waals surface area contributed by atoms with E-state index in [1.807, 2.05) is 39.0 Å². The Kier molecular flexibility index (Phi) is 8.45. The Morgan fingerprint density at radius 1 is 1.07 bits per heavy atom. The van der Waals surface area contributed by atoms with Crippen molar-refractivity contribution in [3.63, 3.8) is 0 Å². The second kappa shape index (κ2) is 11.0. The first-order valence-corrected chi connectivity index (χ1v) is 9.74. The number of hydrogen-bond acceptors (Lipinski definition) is 5. The molecule has 0 fully saturated rings. The van der Waals surface area contributed by atoms with Crippen molar-refractivity contribution in [1.82, 2.24) is 10.6 Å². The molecule has 0 spiro atoms. The van der Waals surface area contributed by atoms with Gasteiger partial charge in [-0.2, -0.15) is 0 Å². The average molecular weight is 402 g/mol. The van der Waals surface area contributed by atoms with E-state index < -0.39 is 0 Å². The zero-order chi connectivity index (χ0) is 21.2. The number of benzene rings is 2. The molecule has 7 heteroatoms. The van der Waals surface area contributed by atoms with Crippen LogP contribution in [0.1, 0.15) is 37.9 Å². The molecule has 0 aromatic heterocycles. The van der Waals surface area contributed by atoms with E-state index in [-0.39, 0.29) is 11.8 Å². The highest BCUT2D eigenvalue weighted by Crippen LogP contribution is 2.30. The van der Waals surface area contributed by atoms with Gasteiger partial charge in [-0.15, -0.1) is 0 Å². The fourth-order valence-electron chi connectivity index (χ4n) is 2.83. The summed E-state index contributed by atoms with van der Waals surface area (Å²) in [7, 11) is 3.30. The normalized spacial score (nSPS) is 12.2. The molecule has 0 saturated heterocycles. The van der Waals surface area contributed by atoms with E-state index in [0.29, 0.717) is 31.5 Å². The van der Waals surface area contributed by atoms with Crippen molar-refractivity contribution < 1.29 is 19.3 Å². The summed E-state index contributed by atoms with van der Waals surface area (Å²) in [4.78, 5) is 4.27. The number of aromatic hydroxyl groups is 1. The van der Waals surface area contributed by atoms with Crippen molar-refractivity contribution in [3.05, 3.63) is 47.5 Å². The van der Waals surface area contributed by atoms with Crippen LogP contribution in [0, 0.1) is 0 Å². The molecule has 2 aromatic rings. The highest BCUT2D eigenvalue weighted by Gasteiger charge is 2.13. The van der Waals surface area contributed by atoms with Crippen molar-refractivity contribution >= 4 is 5.96 Å². The van der Waals surface area contributed by atoms with E-state index in [9.17, 15) is 5.11 Å². The Hall–Kier alpha value is -3.09. The molecule has 0 amide bonds. The summed E-state index contributed by atoms with van der Waals surface area (Å²) in [5.41, 5.74) is 1.77. The first-order valence-electron chi connectivity index (χ1n) is 9.74.